The molecule has 0 saturated heterocycles. The van der Waals surface area contributed by atoms with E-state index in [9.17, 15) is 9.59 Å². The molecule has 0 fully saturated rings. The van der Waals surface area contributed by atoms with Gasteiger partial charge in [0, 0.05) is 16.8 Å². The van der Waals surface area contributed by atoms with Crippen LogP contribution in [0, 0.1) is 6.92 Å². The van der Waals surface area contributed by atoms with Gasteiger partial charge in [0.2, 0.25) is 0 Å². The van der Waals surface area contributed by atoms with Crippen molar-refractivity contribution in [1.29, 1.82) is 0 Å². The van der Waals surface area contributed by atoms with E-state index in [4.69, 9.17) is 4.74 Å². The highest BCUT2D eigenvalue weighted by Crippen LogP contribution is 2.09. The lowest BCUT2D eigenvalue weighted by atomic mass is 10.1. The number of aryl methyl sites for hydroxylation is 1. The van der Waals surface area contributed by atoms with Gasteiger partial charge < -0.3 is 15.0 Å². The number of quaternary nitrogens is 1. The van der Waals surface area contributed by atoms with E-state index in [1.165, 1.54) is 0 Å². The normalized spacial score (nSPS) is 10.6. The van der Waals surface area contributed by atoms with E-state index >= 15 is 0 Å². The Kier molecular flexibility index (Phi) is 7.75. The number of rotatable bonds is 9. The Balaban J connectivity index is 1.54. The summed E-state index contributed by atoms with van der Waals surface area (Å²) in [6, 6.07) is 27.6. The Labute approximate surface area is 177 Å². The standard InChI is InChI=1S/C25H26N2O3/c1-20-9-8-14-23(15-20)26-24(28)19-30-25(29)18-27(16-21-10-4-2-5-11-21)17-22-12-6-3-7-13-22/h2-15H,16-19H2,1H3,(H,26,28)/p+1. The molecular formula is C25H27N2O3+. The average Bonchev–Trinajstić information content (AvgIpc) is 2.74. The second-order valence-electron chi connectivity index (χ2n) is 7.33. The highest BCUT2D eigenvalue weighted by atomic mass is 16.5. The van der Waals surface area contributed by atoms with E-state index in [2.05, 4.69) is 5.32 Å². The molecular weight excluding hydrogens is 376 g/mol. The van der Waals surface area contributed by atoms with Crippen molar-refractivity contribution in [3.8, 4) is 0 Å². The molecule has 0 aliphatic carbocycles. The van der Waals surface area contributed by atoms with Crippen molar-refractivity contribution in [3.63, 3.8) is 0 Å². The number of hydrogen-bond acceptors (Lipinski definition) is 3. The van der Waals surface area contributed by atoms with E-state index in [1.54, 1.807) is 6.07 Å². The molecule has 30 heavy (non-hydrogen) atoms. The van der Waals surface area contributed by atoms with Crippen LogP contribution in [0.4, 0.5) is 5.69 Å². The van der Waals surface area contributed by atoms with Gasteiger partial charge in [-0.15, -0.1) is 0 Å². The average molecular weight is 404 g/mol. The number of hydrogen-bond donors (Lipinski definition) is 2. The fourth-order valence-electron chi connectivity index (χ4n) is 3.28. The summed E-state index contributed by atoms with van der Waals surface area (Å²) in [5.74, 6) is -0.738. The lowest BCUT2D eigenvalue weighted by Gasteiger charge is -2.19. The molecule has 0 spiro atoms. The zero-order valence-electron chi connectivity index (χ0n) is 17.1. The number of ether oxygens (including phenoxy) is 1. The van der Waals surface area contributed by atoms with Gasteiger partial charge >= 0.3 is 5.97 Å². The maximum Gasteiger partial charge on any atom is 0.362 e. The Morgan fingerprint density at radius 1 is 0.833 bits per heavy atom. The van der Waals surface area contributed by atoms with Gasteiger partial charge in [-0.3, -0.25) is 4.79 Å². The second-order valence-corrected chi connectivity index (χ2v) is 7.33. The Morgan fingerprint density at radius 2 is 1.43 bits per heavy atom. The first-order valence-electron chi connectivity index (χ1n) is 10.0. The fourth-order valence-corrected chi connectivity index (χ4v) is 3.28. The van der Waals surface area contributed by atoms with Crippen LogP contribution in [0.1, 0.15) is 16.7 Å². The number of nitrogens with one attached hydrogen (secondary N) is 2. The molecule has 0 atom stereocenters. The van der Waals surface area contributed by atoms with Crippen LogP contribution in [0.25, 0.3) is 0 Å². The zero-order chi connectivity index (χ0) is 21.2. The van der Waals surface area contributed by atoms with Gasteiger partial charge in [0.25, 0.3) is 5.91 Å². The number of esters is 1. The first-order valence-corrected chi connectivity index (χ1v) is 10.0. The maximum absolute atomic E-state index is 12.4. The van der Waals surface area contributed by atoms with Gasteiger partial charge in [-0.05, 0) is 24.6 Å². The number of benzene rings is 3. The second kappa shape index (κ2) is 10.9. The third-order valence-electron chi connectivity index (χ3n) is 4.65. The van der Waals surface area contributed by atoms with Crippen molar-refractivity contribution in [2.45, 2.75) is 20.0 Å². The molecule has 3 aromatic rings. The van der Waals surface area contributed by atoms with Gasteiger partial charge in [0.05, 0.1) is 0 Å². The fraction of sp³-hybridized carbons (Fsp3) is 0.200. The smallest absolute Gasteiger partial charge is 0.362 e. The molecule has 0 saturated carbocycles. The molecule has 0 unspecified atom stereocenters. The van der Waals surface area contributed by atoms with Crippen molar-refractivity contribution in [1.82, 2.24) is 0 Å². The molecule has 3 aromatic carbocycles. The van der Waals surface area contributed by atoms with Crippen LogP contribution in [-0.4, -0.2) is 25.0 Å². The number of anilines is 1. The highest BCUT2D eigenvalue weighted by Gasteiger charge is 2.18. The predicted molar refractivity (Wildman–Crippen MR) is 117 cm³/mol. The van der Waals surface area contributed by atoms with E-state index < -0.39 is 5.97 Å². The molecule has 5 heteroatoms. The van der Waals surface area contributed by atoms with Crippen molar-refractivity contribution in [2.75, 3.05) is 18.5 Å². The molecule has 0 bridgehead atoms. The third kappa shape index (κ3) is 7.18. The lowest BCUT2D eigenvalue weighted by Crippen LogP contribution is -3.10. The van der Waals surface area contributed by atoms with E-state index in [1.807, 2.05) is 85.8 Å². The maximum atomic E-state index is 12.4. The topological polar surface area (TPSA) is 59.8 Å². The first-order chi connectivity index (χ1) is 14.6. The summed E-state index contributed by atoms with van der Waals surface area (Å²) in [6.07, 6.45) is 0. The summed E-state index contributed by atoms with van der Waals surface area (Å²) in [5.41, 5.74) is 4.03. The molecule has 1 amide bonds. The van der Waals surface area contributed by atoms with Crippen molar-refractivity contribution < 1.29 is 19.2 Å². The van der Waals surface area contributed by atoms with Gasteiger partial charge in [-0.2, -0.15) is 0 Å². The van der Waals surface area contributed by atoms with Crippen LogP contribution in [0.5, 0.6) is 0 Å². The van der Waals surface area contributed by atoms with Gasteiger partial charge in [-0.1, -0.05) is 72.8 Å². The van der Waals surface area contributed by atoms with E-state index in [0.29, 0.717) is 18.8 Å². The molecule has 0 heterocycles. The van der Waals surface area contributed by atoms with E-state index in [0.717, 1.165) is 21.6 Å². The van der Waals surface area contributed by atoms with Crippen LogP contribution in [0.2, 0.25) is 0 Å². The summed E-state index contributed by atoms with van der Waals surface area (Å²) in [7, 11) is 0. The van der Waals surface area contributed by atoms with Crippen LogP contribution in [0.3, 0.4) is 0 Å². The lowest BCUT2D eigenvalue weighted by molar-refractivity contribution is -0.920. The summed E-state index contributed by atoms with van der Waals surface area (Å²) < 4.78 is 5.24. The Morgan fingerprint density at radius 3 is 2.00 bits per heavy atom. The summed E-state index contributed by atoms with van der Waals surface area (Å²) in [4.78, 5) is 25.6. The number of amides is 1. The van der Waals surface area contributed by atoms with Crippen LogP contribution in [-0.2, 0) is 27.4 Å². The molecule has 5 nitrogen and oxygen atoms in total. The Hall–Kier alpha value is -3.44. The quantitative estimate of drug-likeness (QED) is 0.540. The molecule has 2 N–H and O–H groups in total. The summed E-state index contributed by atoms with van der Waals surface area (Å²) >= 11 is 0. The molecule has 154 valence electrons. The predicted octanol–water partition coefficient (Wildman–Crippen LogP) is 2.76. The van der Waals surface area contributed by atoms with Gasteiger partial charge in [0.1, 0.15) is 13.1 Å². The van der Waals surface area contributed by atoms with Crippen molar-refractivity contribution in [2.24, 2.45) is 0 Å². The number of carbonyl (C=O) groups is 2. The number of carbonyl (C=O) groups excluding carboxylic acids is 2. The molecule has 0 aromatic heterocycles. The first kappa shape index (κ1) is 21.3. The van der Waals surface area contributed by atoms with Gasteiger partial charge in [0.15, 0.2) is 13.2 Å². The van der Waals surface area contributed by atoms with E-state index in [-0.39, 0.29) is 19.1 Å². The highest BCUT2D eigenvalue weighted by molar-refractivity contribution is 5.92. The largest absolute Gasteiger partial charge is 0.451 e. The molecule has 0 aliphatic heterocycles. The van der Waals surface area contributed by atoms with Crippen LogP contribution >= 0.6 is 0 Å². The third-order valence-corrected chi connectivity index (χ3v) is 4.65. The Bertz CT molecular complexity index is 917. The van der Waals surface area contributed by atoms with Crippen molar-refractivity contribution in [3.05, 3.63) is 102 Å². The van der Waals surface area contributed by atoms with Crippen LogP contribution < -0.4 is 10.2 Å². The SMILES string of the molecule is Cc1cccc(NC(=O)COC(=O)C[NH+](Cc2ccccc2)Cc2ccccc2)c1. The molecule has 0 aliphatic rings. The summed E-state index contributed by atoms with van der Waals surface area (Å²) in [6.45, 7) is 3.23. The minimum absolute atomic E-state index is 0.182. The minimum atomic E-state index is -0.392. The summed E-state index contributed by atoms with van der Waals surface area (Å²) in [5, 5.41) is 2.75. The molecule has 0 radical (unpaired) electrons. The monoisotopic (exact) mass is 403 g/mol. The van der Waals surface area contributed by atoms with Crippen molar-refractivity contribution >= 4 is 17.6 Å². The molecule has 3 rings (SSSR count). The zero-order valence-corrected chi connectivity index (χ0v) is 17.1. The van der Waals surface area contributed by atoms with Crippen LogP contribution in [0.15, 0.2) is 84.9 Å². The minimum Gasteiger partial charge on any atom is -0.451 e. The van der Waals surface area contributed by atoms with Gasteiger partial charge in [-0.25, -0.2) is 4.79 Å².